The first kappa shape index (κ1) is 27.4. The fourth-order valence-corrected chi connectivity index (χ4v) is 3.65. The molecular formula is C24H49NO3. The van der Waals surface area contributed by atoms with Crippen LogP contribution in [0.15, 0.2) is 0 Å². The van der Waals surface area contributed by atoms with Crippen LogP contribution in [0.3, 0.4) is 0 Å². The highest BCUT2D eigenvalue weighted by Crippen LogP contribution is 2.14. The van der Waals surface area contributed by atoms with Gasteiger partial charge in [-0.2, -0.15) is 0 Å². The first-order valence-electron chi connectivity index (χ1n) is 12.2. The summed E-state index contributed by atoms with van der Waals surface area (Å²) in [6.07, 6.45) is 20.3. The number of unbranched alkanes of at least 4 members (excludes halogenated alkanes) is 14. The summed E-state index contributed by atoms with van der Waals surface area (Å²) in [5.74, 6) is -0.0519. The summed E-state index contributed by atoms with van der Waals surface area (Å²) in [5.41, 5.74) is 0. The van der Waals surface area contributed by atoms with Crippen LogP contribution in [0.5, 0.6) is 0 Å². The first-order valence-corrected chi connectivity index (χ1v) is 12.2. The summed E-state index contributed by atoms with van der Waals surface area (Å²) in [5, 5.41) is 22.5. The van der Waals surface area contributed by atoms with E-state index in [9.17, 15) is 15.0 Å². The van der Waals surface area contributed by atoms with Crippen LogP contribution in [0.25, 0.3) is 0 Å². The first-order chi connectivity index (χ1) is 13.7. The van der Waals surface area contributed by atoms with Crippen LogP contribution >= 0.6 is 0 Å². The quantitative estimate of drug-likeness (QED) is 0.211. The second kappa shape index (κ2) is 21.1. The van der Waals surface area contributed by atoms with Crippen LogP contribution in [0.1, 0.15) is 129 Å². The highest BCUT2D eigenvalue weighted by molar-refractivity contribution is 5.76. The largest absolute Gasteiger partial charge is 0.394 e. The van der Waals surface area contributed by atoms with E-state index >= 15 is 0 Å². The average Bonchev–Trinajstić information content (AvgIpc) is 2.70. The molecule has 3 N–H and O–H groups in total. The topological polar surface area (TPSA) is 69.6 Å². The molecule has 2 atom stereocenters. The van der Waals surface area contributed by atoms with Gasteiger partial charge in [-0.3, -0.25) is 4.79 Å². The Morgan fingerprint density at radius 3 is 1.61 bits per heavy atom. The Balaban J connectivity index is 3.58. The number of rotatable bonds is 21. The van der Waals surface area contributed by atoms with E-state index in [-0.39, 0.29) is 12.5 Å². The molecule has 2 unspecified atom stereocenters. The average molecular weight is 400 g/mol. The van der Waals surface area contributed by atoms with E-state index in [4.69, 9.17) is 0 Å². The molecule has 0 spiro atoms. The maximum atomic E-state index is 11.9. The number of carbonyl (C=O) groups is 1. The van der Waals surface area contributed by atoms with Gasteiger partial charge >= 0.3 is 0 Å². The molecule has 0 aliphatic carbocycles. The molecule has 168 valence electrons. The Labute approximate surface area is 174 Å². The lowest BCUT2D eigenvalue weighted by molar-refractivity contribution is -0.123. The van der Waals surface area contributed by atoms with Gasteiger partial charge in [-0.25, -0.2) is 0 Å². The van der Waals surface area contributed by atoms with Gasteiger partial charge < -0.3 is 15.5 Å². The fraction of sp³-hybridized carbons (Fsp3) is 0.958. The molecule has 0 aromatic carbocycles. The number of carbonyl (C=O) groups excluding carboxylic acids is 1. The maximum Gasteiger partial charge on any atom is 0.220 e. The van der Waals surface area contributed by atoms with Gasteiger partial charge in [0.2, 0.25) is 5.91 Å². The van der Waals surface area contributed by atoms with E-state index < -0.39 is 12.1 Å². The van der Waals surface area contributed by atoms with Crippen molar-refractivity contribution >= 4 is 5.91 Å². The van der Waals surface area contributed by atoms with E-state index in [1.165, 1.54) is 64.2 Å². The normalized spacial score (nSPS) is 13.4. The molecule has 0 aliphatic rings. The van der Waals surface area contributed by atoms with Crippen LogP contribution in [0.4, 0.5) is 0 Å². The molecule has 0 bridgehead atoms. The van der Waals surface area contributed by atoms with Crippen molar-refractivity contribution in [3.63, 3.8) is 0 Å². The van der Waals surface area contributed by atoms with Crippen molar-refractivity contribution in [2.45, 2.75) is 142 Å². The minimum Gasteiger partial charge on any atom is -0.394 e. The highest BCUT2D eigenvalue weighted by Gasteiger charge is 2.19. The van der Waals surface area contributed by atoms with Gasteiger partial charge in [-0.05, 0) is 12.8 Å². The van der Waals surface area contributed by atoms with Crippen molar-refractivity contribution < 1.29 is 15.0 Å². The van der Waals surface area contributed by atoms with E-state index in [2.05, 4.69) is 19.2 Å². The number of nitrogens with one attached hydrogen (secondary N) is 1. The van der Waals surface area contributed by atoms with Crippen LogP contribution in [0, 0.1) is 0 Å². The van der Waals surface area contributed by atoms with Gasteiger partial charge in [-0.1, -0.05) is 110 Å². The predicted molar refractivity (Wildman–Crippen MR) is 119 cm³/mol. The third kappa shape index (κ3) is 17.5. The number of aliphatic hydroxyl groups is 2. The molecule has 1 amide bonds. The zero-order valence-electron chi connectivity index (χ0n) is 18.9. The van der Waals surface area contributed by atoms with E-state index in [1.54, 1.807) is 0 Å². The highest BCUT2D eigenvalue weighted by atomic mass is 16.3. The second-order valence-electron chi connectivity index (χ2n) is 8.41. The van der Waals surface area contributed by atoms with Crippen LogP contribution in [-0.4, -0.2) is 34.9 Å². The van der Waals surface area contributed by atoms with Gasteiger partial charge in [0.25, 0.3) is 0 Å². The van der Waals surface area contributed by atoms with Crippen LogP contribution in [-0.2, 0) is 4.79 Å². The second-order valence-corrected chi connectivity index (χ2v) is 8.41. The van der Waals surface area contributed by atoms with Crippen molar-refractivity contribution in [2.24, 2.45) is 0 Å². The number of hydrogen-bond acceptors (Lipinski definition) is 3. The van der Waals surface area contributed by atoms with Gasteiger partial charge in [0.15, 0.2) is 0 Å². The summed E-state index contributed by atoms with van der Waals surface area (Å²) in [6, 6.07) is -0.522. The zero-order valence-corrected chi connectivity index (χ0v) is 18.9. The Morgan fingerprint density at radius 1 is 0.714 bits per heavy atom. The third-order valence-corrected chi connectivity index (χ3v) is 5.62. The molecule has 0 saturated heterocycles. The molecule has 28 heavy (non-hydrogen) atoms. The summed E-state index contributed by atoms with van der Waals surface area (Å²) >= 11 is 0. The molecule has 0 fully saturated rings. The minimum atomic E-state index is -0.646. The molecule has 0 rings (SSSR count). The Bertz CT molecular complexity index is 336. The predicted octanol–water partition coefficient (Wildman–Crippen LogP) is 5.89. The Morgan fingerprint density at radius 2 is 1.14 bits per heavy atom. The molecule has 4 heteroatoms. The molecule has 0 saturated carbocycles. The number of hydrogen-bond donors (Lipinski definition) is 3. The van der Waals surface area contributed by atoms with E-state index in [0.29, 0.717) is 12.8 Å². The monoisotopic (exact) mass is 399 g/mol. The molecule has 0 aromatic heterocycles. The zero-order chi connectivity index (χ0) is 20.9. The number of amides is 1. The van der Waals surface area contributed by atoms with Gasteiger partial charge in [0, 0.05) is 6.42 Å². The molecular weight excluding hydrogens is 350 g/mol. The number of aliphatic hydroxyl groups excluding tert-OH is 2. The molecule has 4 nitrogen and oxygen atoms in total. The molecule has 0 radical (unpaired) electrons. The van der Waals surface area contributed by atoms with E-state index in [1.807, 2.05) is 0 Å². The van der Waals surface area contributed by atoms with E-state index in [0.717, 1.165) is 38.5 Å². The summed E-state index contributed by atoms with van der Waals surface area (Å²) in [7, 11) is 0. The standard InChI is InChI=1S/C24H49NO3/c1-3-5-7-9-10-11-12-13-14-15-16-17-19-23(27)22(21-26)25-24(28)20-18-8-6-4-2/h22-23,26-27H,3-21H2,1-2H3,(H,25,28). The van der Waals surface area contributed by atoms with Crippen molar-refractivity contribution in [1.29, 1.82) is 0 Å². The molecule has 0 aliphatic heterocycles. The third-order valence-electron chi connectivity index (χ3n) is 5.62. The summed E-state index contributed by atoms with van der Waals surface area (Å²) < 4.78 is 0. The minimum absolute atomic E-state index is 0.0519. The van der Waals surface area contributed by atoms with Gasteiger partial charge in [-0.15, -0.1) is 0 Å². The van der Waals surface area contributed by atoms with Crippen molar-refractivity contribution in [3.05, 3.63) is 0 Å². The van der Waals surface area contributed by atoms with Crippen molar-refractivity contribution in [3.8, 4) is 0 Å². The van der Waals surface area contributed by atoms with Crippen molar-refractivity contribution in [2.75, 3.05) is 6.61 Å². The molecule has 0 aromatic rings. The molecule has 0 heterocycles. The van der Waals surface area contributed by atoms with Crippen LogP contribution < -0.4 is 5.32 Å². The van der Waals surface area contributed by atoms with Gasteiger partial charge in [0.05, 0.1) is 18.8 Å². The SMILES string of the molecule is CCCCCCCCCCCCCCC(O)C(CO)NC(=O)CCCCCC. The lowest BCUT2D eigenvalue weighted by atomic mass is 10.0. The lowest BCUT2D eigenvalue weighted by Gasteiger charge is -2.22. The Hall–Kier alpha value is -0.610. The summed E-state index contributed by atoms with van der Waals surface area (Å²) in [4.78, 5) is 11.9. The van der Waals surface area contributed by atoms with Crippen LogP contribution in [0.2, 0.25) is 0 Å². The van der Waals surface area contributed by atoms with Crippen molar-refractivity contribution in [1.82, 2.24) is 5.32 Å². The Kier molecular flexibility index (Phi) is 20.6. The van der Waals surface area contributed by atoms with Gasteiger partial charge in [0.1, 0.15) is 0 Å². The fourth-order valence-electron chi connectivity index (χ4n) is 3.65. The lowest BCUT2D eigenvalue weighted by Crippen LogP contribution is -2.45. The smallest absolute Gasteiger partial charge is 0.220 e. The maximum absolute atomic E-state index is 11.9. The summed E-state index contributed by atoms with van der Waals surface area (Å²) in [6.45, 7) is 4.21.